The molecule has 0 atom stereocenters. The van der Waals surface area contributed by atoms with Crippen LogP contribution in [-0.2, 0) is 0 Å². The van der Waals surface area contributed by atoms with E-state index in [4.69, 9.17) is 10.5 Å². The minimum Gasteiger partial charge on any atom is -0.490 e. The number of hydrogen-bond acceptors (Lipinski definition) is 2. The third-order valence-corrected chi connectivity index (χ3v) is 3.21. The third kappa shape index (κ3) is 2.11. The summed E-state index contributed by atoms with van der Waals surface area (Å²) in [5.41, 5.74) is 5.70. The van der Waals surface area contributed by atoms with Crippen LogP contribution in [0.1, 0.15) is 12.8 Å². The molecule has 0 aromatic heterocycles. The van der Waals surface area contributed by atoms with E-state index in [2.05, 4.69) is 0 Å². The maximum atomic E-state index is 13.1. The summed E-state index contributed by atoms with van der Waals surface area (Å²) in [7, 11) is 0. The summed E-state index contributed by atoms with van der Waals surface area (Å²) < 4.78 is 18.9. The minimum atomic E-state index is -0.222. The monoisotopic (exact) mass is 231 g/mol. The second-order valence-electron chi connectivity index (χ2n) is 4.62. The number of fused-ring (bicyclic) bond motifs is 1. The van der Waals surface area contributed by atoms with Gasteiger partial charge in [-0.15, -0.1) is 0 Å². The van der Waals surface area contributed by atoms with Crippen molar-refractivity contribution in [2.45, 2.75) is 25.0 Å². The van der Waals surface area contributed by atoms with Gasteiger partial charge >= 0.3 is 0 Å². The molecule has 3 rings (SSSR count). The van der Waals surface area contributed by atoms with Gasteiger partial charge in [0.1, 0.15) is 17.7 Å². The summed E-state index contributed by atoms with van der Waals surface area (Å²) in [6.07, 6.45) is 2.03. The Morgan fingerprint density at radius 3 is 2.59 bits per heavy atom. The topological polar surface area (TPSA) is 35.2 Å². The fourth-order valence-corrected chi connectivity index (χ4v) is 2.16. The normalized spacial score (nSPS) is 23.4. The average molecular weight is 231 g/mol. The molecule has 2 N–H and O–H groups in total. The summed E-state index contributed by atoms with van der Waals surface area (Å²) in [5, 5.41) is 1.88. The van der Waals surface area contributed by atoms with Gasteiger partial charge in [0.25, 0.3) is 0 Å². The molecule has 2 aromatic carbocycles. The quantitative estimate of drug-likeness (QED) is 0.862. The molecule has 0 spiro atoms. The summed E-state index contributed by atoms with van der Waals surface area (Å²) in [6, 6.07) is 10.8. The highest BCUT2D eigenvalue weighted by Crippen LogP contribution is 2.27. The molecule has 2 aromatic rings. The van der Waals surface area contributed by atoms with Crippen molar-refractivity contribution in [3.63, 3.8) is 0 Å². The van der Waals surface area contributed by atoms with Gasteiger partial charge in [0.05, 0.1) is 0 Å². The van der Waals surface area contributed by atoms with Gasteiger partial charge in [-0.2, -0.15) is 0 Å². The lowest BCUT2D eigenvalue weighted by Gasteiger charge is -2.32. The van der Waals surface area contributed by atoms with E-state index >= 15 is 0 Å². The highest BCUT2D eigenvalue weighted by Gasteiger charge is 2.27. The predicted molar refractivity (Wildman–Crippen MR) is 65.5 cm³/mol. The van der Waals surface area contributed by atoms with Crippen LogP contribution in [0.3, 0.4) is 0 Å². The number of rotatable bonds is 2. The number of halogens is 1. The summed E-state index contributed by atoms with van der Waals surface area (Å²) >= 11 is 0. The van der Waals surface area contributed by atoms with Crippen molar-refractivity contribution in [2.75, 3.05) is 0 Å². The zero-order chi connectivity index (χ0) is 11.8. The van der Waals surface area contributed by atoms with Crippen molar-refractivity contribution in [3.05, 3.63) is 42.2 Å². The lowest BCUT2D eigenvalue weighted by Crippen LogP contribution is -2.43. The van der Waals surface area contributed by atoms with E-state index in [1.54, 1.807) is 6.07 Å². The second-order valence-corrected chi connectivity index (χ2v) is 4.62. The van der Waals surface area contributed by atoms with Gasteiger partial charge < -0.3 is 10.5 Å². The highest BCUT2D eigenvalue weighted by molar-refractivity contribution is 5.83. The smallest absolute Gasteiger partial charge is 0.123 e. The van der Waals surface area contributed by atoms with Crippen molar-refractivity contribution in [1.29, 1.82) is 0 Å². The Morgan fingerprint density at radius 1 is 1.06 bits per heavy atom. The van der Waals surface area contributed by atoms with Crippen molar-refractivity contribution in [3.8, 4) is 5.75 Å². The summed E-state index contributed by atoms with van der Waals surface area (Å²) in [6.45, 7) is 0. The van der Waals surface area contributed by atoms with E-state index in [0.717, 1.165) is 29.4 Å². The zero-order valence-corrected chi connectivity index (χ0v) is 9.40. The molecule has 17 heavy (non-hydrogen) atoms. The van der Waals surface area contributed by atoms with Crippen molar-refractivity contribution in [2.24, 2.45) is 5.73 Å². The average Bonchev–Trinajstić information content (AvgIpc) is 2.26. The Morgan fingerprint density at radius 2 is 1.82 bits per heavy atom. The van der Waals surface area contributed by atoms with Crippen LogP contribution < -0.4 is 10.5 Å². The molecule has 2 nitrogen and oxygen atoms in total. The molecule has 0 saturated heterocycles. The van der Waals surface area contributed by atoms with E-state index in [1.165, 1.54) is 12.1 Å². The first-order valence-corrected chi connectivity index (χ1v) is 5.82. The Bertz CT molecular complexity index is 549. The zero-order valence-electron chi connectivity index (χ0n) is 9.40. The third-order valence-electron chi connectivity index (χ3n) is 3.21. The van der Waals surface area contributed by atoms with Crippen molar-refractivity contribution < 1.29 is 9.13 Å². The molecule has 0 unspecified atom stereocenters. The van der Waals surface area contributed by atoms with E-state index in [9.17, 15) is 4.39 Å². The van der Waals surface area contributed by atoms with E-state index in [-0.39, 0.29) is 18.0 Å². The molecule has 1 fully saturated rings. The molecular formula is C14H14FNO. The standard InChI is InChI=1S/C14H14FNO/c15-11-3-1-9-2-4-13(6-10(9)5-11)17-14-7-12(16)8-14/h1-6,12,14H,7-8,16H2. The van der Waals surface area contributed by atoms with Gasteiger partial charge in [-0.1, -0.05) is 12.1 Å². The molecule has 0 radical (unpaired) electrons. The lowest BCUT2D eigenvalue weighted by atomic mass is 9.90. The number of hydrogen-bond donors (Lipinski definition) is 1. The summed E-state index contributed by atoms with van der Waals surface area (Å²) in [4.78, 5) is 0. The Hall–Kier alpha value is -1.61. The van der Waals surface area contributed by atoms with Gasteiger partial charge in [-0.05, 0) is 47.9 Å². The van der Waals surface area contributed by atoms with Crippen LogP contribution in [0.4, 0.5) is 4.39 Å². The molecule has 1 saturated carbocycles. The first-order valence-electron chi connectivity index (χ1n) is 5.82. The van der Waals surface area contributed by atoms with Crippen LogP contribution in [0.15, 0.2) is 36.4 Å². The highest BCUT2D eigenvalue weighted by atomic mass is 19.1. The largest absolute Gasteiger partial charge is 0.490 e. The Labute approximate surface area is 99.2 Å². The van der Waals surface area contributed by atoms with Crippen LogP contribution in [0.5, 0.6) is 5.75 Å². The summed E-state index contributed by atoms with van der Waals surface area (Å²) in [5.74, 6) is 0.570. The maximum absolute atomic E-state index is 13.1. The number of benzene rings is 2. The molecule has 3 heteroatoms. The van der Waals surface area contributed by atoms with E-state index in [1.807, 2.05) is 18.2 Å². The molecule has 88 valence electrons. The van der Waals surface area contributed by atoms with Gasteiger partial charge in [-0.25, -0.2) is 4.39 Å². The molecule has 0 heterocycles. The maximum Gasteiger partial charge on any atom is 0.123 e. The molecular weight excluding hydrogens is 217 g/mol. The first-order chi connectivity index (χ1) is 8.20. The Balaban J connectivity index is 1.85. The second kappa shape index (κ2) is 4.00. The van der Waals surface area contributed by atoms with Crippen LogP contribution >= 0.6 is 0 Å². The van der Waals surface area contributed by atoms with E-state index < -0.39 is 0 Å². The molecule has 0 aliphatic heterocycles. The minimum absolute atomic E-state index is 0.219. The van der Waals surface area contributed by atoms with Crippen molar-refractivity contribution in [1.82, 2.24) is 0 Å². The molecule has 1 aliphatic rings. The number of ether oxygens (including phenoxy) is 1. The SMILES string of the molecule is NC1CC(Oc2ccc3ccc(F)cc3c2)C1. The fraction of sp³-hybridized carbons (Fsp3) is 0.286. The molecule has 0 bridgehead atoms. The lowest BCUT2D eigenvalue weighted by molar-refractivity contribution is 0.101. The number of nitrogens with two attached hydrogens (primary N) is 1. The van der Waals surface area contributed by atoms with Gasteiger partial charge in [0.15, 0.2) is 0 Å². The Kier molecular flexibility index (Phi) is 2.48. The van der Waals surface area contributed by atoms with Crippen LogP contribution in [0, 0.1) is 5.82 Å². The first kappa shape index (κ1) is 10.5. The van der Waals surface area contributed by atoms with Gasteiger partial charge in [-0.3, -0.25) is 0 Å². The molecule has 1 aliphatic carbocycles. The van der Waals surface area contributed by atoms with Gasteiger partial charge in [0, 0.05) is 6.04 Å². The van der Waals surface area contributed by atoms with Crippen molar-refractivity contribution >= 4 is 10.8 Å². The predicted octanol–water partition coefficient (Wildman–Crippen LogP) is 2.85. The molecule has 0 amide bonds. The van der Waals surface area contributed by atoms with Gasteiger partial charge in [0.2, 0.25) is 0 Å². The van der Waals surface area contributed by atoms with Crippen LogP contribution in [0.2, 0.25) is 0 Å². The fourth-order valence-electron chi connectivity index (χ4n) is 2.16. The van der Waals surface area contributed by atoms with E-state index in [0.29, 0.717) is 0 Å². The van der Waals surface area contributed by atoms with Crippen LogP contribution in [0.25, 0.3) is 10.8 Å². The van der Waals surface area contributed by atoms with Crippen LogP contribution in [-0.4, -0.2) is 12.1 Å².